The fraction of sp³-hybridized carbons (Fsp3) is 0.368. The van der Waals surface area contributed by atoms with E-state index in [9.17, 15) is 14.0 Å². The number of carbonyl (C=O) groups is 1. The van der Waals surface area contributed by atoms with Crippen molar-refractivity contribution in [1.29, 1.82) is 0 Å². The van der Waals surface area contributed by atoms with E-state index in [4.69, 9.17) is 13.9 Å². The lowest BCUT2D eigenvalue weighted by atomic mass is 10.2. The molecule has 3 rings (SSSR count). The van der Waals surface area contributed by atoms with Crippen molar-refractivity contribution in [2.75, 3.05) is 32.9 Å². The van der Waals surface area contributed by atoms with Crippen LogP contribution >= 0.6 is 0 Å². The number of morpholine rings is 1. The van der Waals surface area contributed by atoms with Crippen LogP contribution in [0.25, 0.3) is 0 Å². The first-order chi connectivity index (χ1) is 13.1. The van der Waals surface area contributed by atoms with Gasteiger partial charge in [-0.2, -0.15) is 0 Å². The lowest BCUT2D eigenvalue weighted by molar-refractivity contribution is -0.123. The Morgan fingerprint density at radius 2 is 1.96 bits per heavy atom. The molecule has 0 aliphatic carbocycles. The molecular formula is C19H21FN2O5. The largest absolute Gasteiger partial charge is 0.477 e. The summed E-state index contributed by atoms with van der Waals surface area (Å²) in [5, 5.41) is 2.64. The van der Waals surface area contributed by atoms with Crippen molar-refractivity contribution in [2.45, 2.75) is 13.1 Å². The Balaban J connectivity index is 1.46. The average molecular weight is 376 g/mol. The molecule has 0 atom stereocenters. The maximum Gasteiger partial charge on any atom is 0.258 e. The SMILES string of the molecule is O=C(COc1coc(CN2CCOCC2)cc1=O)NCc1ccc(F)cc1. The minimum atomic E-state index is -0.392. The molecule has 1 saturated heterocycles. The fourth-order valence-electron chi connectivity index (χ4n) is 2.60. The Morgan fingerprint density at radius 3 is 2.67 bits per heavy atom. The van der Waals surface area contributed by atoms with E-state index in [-0.39, 0.29) is 30.1 Å². The van der Waals surface area contributed by atoms with Gasteiger partial charge in [0.15, 0.2) is 6.61 Å². The second kappa shape index (κ2) is 9.29. The summed E-state index contributed by atoms with van der Waals surface area (Å²) in [7, 11) is 0. The molecule has 1 amide bonds. The Hall–Kier alpha value is -2.71. The third kappa shape index (κ3) is 5.90. The van der Waals surface area contributed by atoms with Gasteiger partial charge in [0.25, 0.3) is 5.91 Å². The Labute approximate surface area is 155 Å². The van der Waals surface area contributed by atoms with Crippen LogP contribution in [0.1, 0.15) is 11.3 Å². The summed E-state index contributed by atoms with van der Waals surface area (Å²) in [5.74, 6) is -0.207. The van der Waals surface area contributed by atoms with Crippen LogP contribution in [-0.4, -0.2) is 43.7 Å². The summed E-state index contributed by atoms with van der Waals surface area (Å²) in [5.41, 5.74) is 0.424. The number of hydrogen-bond donors (Lipinski definition) is 1. The van der Waals surface area contributed by atoms with Crippen molar-refractivity contribution >= 4 is 5.91 Å². The van der Waals surface area contributed by atoms with Gasteiger partial charge in [-0.15, -0.1) is 0 Å². The van der Waals surface area contributed by atoms with Gasteiger partial charge >= 0.3 is 0 Å². The topological polar surface area (TPSA) is 81.0 Å². The summed E-state index contributed by atoms with van der Waals surface area (Å²) < 4.78 is 28.8. The summed E-state index contributed by atoms with van der Waals surface area (Å²) in [6, 6.07) is 7.18. The number of rotatable bonds is 7. The normalized spacial score (nSPS) is 14.7. The number of carbonyl (C=O) groups excluding carboxylic acids is 1. The van der Waals surface area contributed by atoms with Crippen molar-refractivity contribution in [3.63, 3.8) is 0 Å². The van der Waals surface area contributed by atoms with Crippen LogP contribution in [0.4, 0.5) is 4.39 Å². The van der Waals surface area contributed by atoms with Gasteiger partial charge in [0.1, 0.15) is 17.8 Å². The first-order valence-corrected chi connectivity index (χ1v) is 8.66. The molecule has 0 spiro atoms. The molecule has 144 valence electrons. The number of benzene rings is 1. The molecule has 2 aromatic rings. The van der Waals surface area contributed by atoms with Crippen LogP contribution in [0.15, 0.2) is 45.8 Å². The lowest BCUT2D eigenvalue weighted by Gasteiger charge is -2.25. The van der Waals surface area contributed by atoms with E-state index in [0.717, 1.165) is 18.7 Å². The molecule has 2 heterocycles. The van der Waals surface area contributed by atoms with Gasteiger partial charge in [-0.05, 0) is 17.7 Å². The van der Waals surface area contributed by atoms with Crippen LogP contribution in [0.2, 0.25) is 0 Å². The Bertz CT molecular complexity index is 816. The van der Waals surface area contributed by atoms with E-state index in [2.05, 4.69) is 10.2 Å². The summed E-state index contributed by atoms with van der Waals surface area (Å²) in [4.78, 5) is 26.1. The highest BCUT2D eigenvalue weighted by Gasteiger charge is 2.14. The number of amides is 1. The lowest BCUT2D eigenvalue weighted by Crippen LogP contribution is -2.35. The van der Waals surface area contributed by atoms with Gasteiger partial charge in [0.05, 0.1) is 19.8 Å². The first kappa shape index (κ1) is 19.1. The zero-order chi connectivity index (χ0) is 19.1. The highest BCUT2D eigenvalue weighted by Crippen LogP contribution is 2.10. The second-order valence-electron chi connectivity index (χ2n) is 6.16. The van der Waals surface area contributed by atoms with E-state index >= 15 is 0 Å². The molecule has 0 unspecified atom stereocenters. The van der Waals surface area contributed by atoms with Crippen LogP contribution in [-0.2, 0) is 22.6 Å². The Kier molecular flexibility index (Phi) is 6.56. The highest BCUT2D eigenvalue weighted by atomic mass is 19.1. The molecule has 0 saturated carbocycles. The summed E-state index contributed by atoms with van der Waals surface area (Å²) >= 11 is 0. The Morgan fingerprint density at radius 1 is 1.22 bits per heavy atom. The number of nitrogens with zero attached hydrogens (tertiary/aromatic N) is 1. The maximum absolute atomic E-state index is 12.8. The van der Waals surface area contributed by atoms with Gasteiger partial charge in [-0.3, -0.25) is 14.5 Å². The van der Waals surface area contributed by atoms with Crippen molar-refractivity contribution < 1.29 is 23.1 Å². The molecule has 1 N–H and O–H groups in total. The summed E-state index contributed by atoms with van der Waals surface area (Å²) in [6.07, 6.45) is 1.23. The highest BCUT2D eigenvalue weighted by molar-refractivity contribution is 5.77. The quantitative estimate of drug-likeness (QED) is 0.785. The maximum atomic E-state index is 12.8. The van der Waals surface area contributed by atoms with E-state index in [0.29, 0.717) is 25.5 Å². The third-order valence-corrected chi connectivity index (χ3v) is 4.10. The zero-order valence-corrected chi connectivity index (χ0v) is 14.8. The van der Waals surface area contributed by atoms with E-state index in [1.165, 1.54) is 24.5 Å². The monoisotopic (exact) mass is 376 g/mol. The third-order valence-electron chi connectivity index (χ3n) is 4.10. The molecule has 0 bridgehead atoms. The first-order valence-electron chi connectivity index (χ1n) is 8.66. The van der Waals surface area contributed by atoms with Gasteiger partial charge in [-0.25, -0.2) is 4.39 Å². The standard InChI is InChI=1S/C19H21FN2O5/c20-15-3-1-14(2-4-15)10-21-19(24)13-27-18-12-26-16(9-17(18)23)11-22-5-7-25-8-6-22/h1-4,9,12H,5-8,10-11,13H2,(H,21,24). The molecule has 8 heteroatoms. The van der Waals surface area contributed by atoms with Crippen molar-refractivity contribution in [2.24, 2.45) is 0 Å². The van der Waals surface area contributed by atoms with E-state index < -0.39 is 5.91 Å². The molecule has 1 fully saturated rings. The van der Waals surface area contributed by atoms with Gasteiger partial charge < -0.3 is 19.2 Å². The van der Waals surface area contributed by atoms with Crippen LogP contribution in [0, 0.1) is 5.82 Å². The minimum Gasteiger partial charge on any atom is -0.477 e. The van der Waals surface area contributed by atoms with E-state index in [1.807, 2.05) is 0 Å². The number of hydrogen-bond acceptors (Lipinski definition) is 6. The molecular weight excluding hydrogens is 355 g/mol. The molecule has 1 aliphatic rings. The number of ether oxygens (including phenoxy) is 2. The average Bonchev–Trinajstić information content (AvgIpc) is 2.68. The minimum absolute atomic E-state index is 0.0161. The van der Waals surface area contributed by atoms with Crippen molar-refractivity contribution in [1.82, 2.24) is 10.2 Å². The molecule has 27 heavy (non-hydrogen) atoms. The summed E-state index contributed by atoms with van der Waals surface area (Å²) in [6.45, 7) is 3.37. The number of nitrogens with one attached hydrogen (secondary N) is 1. The van der Waals surface area contributed by atoms with Crippen LogP contribution < -0.4 is 15.5 Å². The predicted molar refractivity (Wildman–Crippen MR) is 94.8 cm³/mol. The van der Waals surface area contributed by atoms with Gasteiger partial charge in [0.2, 0.25) is 11.2 Å². The van der Waals surface area contributed by atoms with Crippen LogP contribution in [0.5, 0.6) is 5.75 Å². The fourth-order valence-corrected chi connectivity index (χ4v) is 2.60. The van der Waals surface area contributed by atoms with Crippen LogP contribution in [0.3, 0.4) is 0 Å². The van der Waals surface area contributed by atoms with Gasteiger partial charge in [0, 0.05) is 25.7 Å². The van der Waals surface area contributed by atoms with Gasteiger partial charge in [-0.1, -0.05) is 12.1 Å². The van der Waals surface area contributed by atoms with Crippen molar-refractivity contribution in [3.8, 4) is 5.75 Å². The molecule has 1 aromatic heterocycles. The molecule has 0 radical (unpaired) electrons. The number of halogens is 1. The molecule has 1 aliphatic heterocycles. The zero-order valence-electron chi connectivity index (χ0n) is 14.8. The van der Waals surface area contributed by atoms with Crippen molar-refractivity contribution in [3.05, 3.63) is 64.0 Å². The second-order valence-corrected chi connectivity index (χ2v) is 6.16. The van der Waals surface area contributed by atoms with E-state index in [1.54, 1.807) is 12.1 Å². The smallest absolute Gasteiger partial charge is 0.258 e. The predicted octanol–water partition coefficient (Wildman–Crippen LogP) is 1.31. The molecule has 7 nitrogen and oxygen atoms in total. The molecule has 1 aromatic carbocycles.